The first-order chi connectivity index (χ1) is 23.9. The summed E-state index contributed by atoms with van der Waals surface area (Å²) in [5.74, 6) is -3.53. The van der Waals surface area contributed by atoms with Crippen molar-refractivity contribution in [3.05, 3.63) is 0 Å². The predicted octanol–water partition coefficient (Wildman–Crippen LogP) is 3.15. The minimum absolute atomic E-state index is 0.0313. The van der Waals surface area contributed by atoms with Crippen molar-refractivity contribution in [2.24, 2.45) is 35.1 Å². The normalized spacial score (nSPS) is 19.1. The molecule has 0 spiro atoms. The Morgan fingerprint density at radius 1 is 0.902 bits per heavy atom. The smallest absolute Gasteiger partial charge is 0.246 e. The van der Waals surface area contributed by atoms with E-state index in [0.29, 0.717) is 19.3 Å². The highest BCUT2D eigenvalue weighted by Gasteiger charge is 2.45. The molecule has 1 fully saturated rings. The maximum Gasteiger partial charge on any atom is 0.246 e. The summed E-state index contributed by atoms with van der Waals surface area (Å²) in [5.41, 5.74) is 9.85. The molecule has 8 N–H and O–H groups in total. The Labute approximate surface area is 307 Å². The van der Waals surface area contributed by atoms with Gasteiger partial charge in [0.05, 0.1) is 36.7 Å². The molecule has 1 aliphatic rings. The molecule has 0 aliphatic heterocycles. The van der Waals surface area contributed by atoms with E-state index in [1.807, 2.05) is 27.7 Å². The summed E-state index contributed by atoms with van der Waals surface area (Å²) in [6.07, 6.45) is 8.66. The fourth-order valence-corrected chi connectivity index (χ4v) is 6.86. The van der Waals surface area contributed by atoms with Gasteiger partial charge in [0.2, 0.25) is 29.5 Å². The number of primary amides is 1. The van der Waals surface area contributed by atoms with Gasteiger partial charge >= 0.3 is 0 Å². The first kappa shape index (κ1) is 46.3. The van der Waals surface area contributed by atoms with Crippen LogP contribution in [-0.2, 0) is 28.7 Å². The lowest BCUT2D eigenvalue weighted by Gasteiger charge is -2.42. The van der Waals surface area contributed by atoms with Gasteiger partial charge in [0.15, 0.2) is 0 Å². The fraction of sp³-hybridized carbons (Fsp3) is 0.868. The van der Waals surface area contributed by atoms with Crippen LogP contribution in [0.1, 0.15) is 132 Å². The second kappa shape index (κ2) is 23.0. The number of rotatable bonds is 24. The highest BCUT2D eigenvalue weighted by molar-refractivity contribution is 5.96. The van der Waals surface area contributed by atoms with Gasteiger partial charge < -0.3 is 42.2 Å². The van der Waals surface area contributed by atoms with Crippen LogP contribution in [0.5, 0.6) is 0 Å². The van der Waals surface area contributed by atoms with Crippen LogP contribution in [0.4, 0.5) is 0 Å². The molecular weight excluding hydrogens is 652 g/mol. The predicted molar refractivity (Wildman–Crippen MR) is 200 cm³/mol. The molecule has 0 saturated heterocycles. The van der Waals surface area contributed by atoms with Crippen molar-refractivity contribution >= 4 is 29.5 Å². The van der Waals surface area contributed by atoms with Crippen molar-refractivity contribution in [2.75, 3.05) is 20.2 Å². The number of aliphatic hydroxyl groups is 1. The summed E-state index contributed by atoms with van der Waals surface area (Å²) in [4.78, 5) is 68.5. The van der Waals surface area contributed by atoms with Gasteiger partial charge in [-0.05, 0) is 57.8 Å². The largest absolute Gasteiger partial charge is 0.393 e. The van der Waals surface area contributed by atoms with Crippen molar-refractivity contribution in [3.63, 3.8) is 0 Å². The van der Waals surface area contributed by atoms with Gasteiger partial charge in [0.1, 0.15) is 17.6 Å². The lowest BCUT2D eigenvalue weighted by atomic mass is 9.82. The molecule has 0 unspecified atom stereocenters. The highest BCUT2D eigenvalue weighted by atomic mass is 16.5. The molecule has 13 heteroatoms. The first-order valence-electron chi connectivity index (χ1n) is 19.4. The molecular formula is C38H72N6O7. The van der Waals surface area contributed by atoms with E-state index >= 15 is 0 Å². The minimum Gasteiger partial charge on any atom is -0.393 e. The monoisotopic (exact) mass is 725 g/mol. The summed E-state index contributed by atoms with van der Waals surface area (Å²) in [6.45, 7) is 14.9. The van der Waals surface area contributed by atoms with E-state index in [1.165, 1.54) is 4.90 Å². The summed E-state index contributed by atoms with van der Waals surface area (Å²) in [6, 6.07) is -2.29. The van der Waals surface area contributed by atoms with Gasteiger partial charge in [0.25, 0.3) is 0 Å². The lowest BCUT2D eigenvalue weighted by Crippen LogP contribution is -2.64. The zero-order valence-electron chi connectivity index (χ0n) is 33.1. The Hall–Kier alpha value is -2.77. The Kier molecular flexibility index (Phi) is 20.9. The second-order valence-corrected chi connectivity index (χ2v) is 15.5. The van der Waals surface area contributed by atoms with E-state index in [2.05, 4.69) is 22.9 Å². The third kappa shape index (κ3) is 14.6. The third-order valence-corrected chi connectivity index (χ3v) is 10.7. The van der Waals surface area contributed by atoms with Crippen LogP contribution in [0, 0.1) is 23.7 Å². The lowest BCUT2D eigenvalue weighted by molar-refractivity contribution is -0.153. The van der Waals surface area contributed by atoms with Crippen molar-refractivity contribution in [2.45, 2.75) is 168 Å². The Bertz CT molecular complexity index is 1100. The summed E-state index contributed by atoms with van der Waals surface area (Å²) >= 11 is 0. The van der Waals surface area contributed by atoms with Crippen LogP contribution in [0.25, 0.3) is 0 Å². The average Bonchev–Trinajstić information content (AvgIpc) is 3.09. The van der Waals surface area contributed by atoms with E-state index in [4.69, 9.17) is 16.2 Å². The number of amides is 5. The van der Waals surface area contributed by atoms with Crippen molar-refractivity contribution in [1.29, 1.82) is 0 Å². The summed E-state index contributed by atoms with van der Waals surface area (Å²) < 4.78 is 6.42. The van der Waals surface area contributed by atoms with E-state index in [9.17, 15) is 29.1 Å². The third-order valence-electron chi connectivity index (χ3n) is 10.7. The maximum atomic E-state index is 14.4. The second-order valence-electron chi connectivity index (χ2n) is 15.5. The zero-order valence-corrected chi connectivity index (χ0v) is 33.1. The van der Waals surface area contributed by atoms with Gasteiger partial charge in [-0.3, -0.25) is 24.0 Å². The quantitative estimate of drug-likeness (QED) is 0.0814. The molecule has 51 heavy (non-hydrogen) atoms. The first-order valence-corrected chi connectivity index (χ1v) is 19.4. The van der Waals surface area contributed by atoms with E-state index in [0.717, 1.165) is 57.8 Å². The Morgan fingerprint density at radius 2 is 1.53 bits per heavy atom. The Balaban J connectivity index is 3.34. The van der Waals surface area contributed by atoms with Crippen molar-refractivity contribution < 1.29 is 33.8 Å². The zero-order chi connectivity index (χ0) is 38.9. The number of likely N-dealkylation sites (N-methyl/N-ethyl adjacent to an activating group) is 1. The van der Waals surface area contributed by atoms with Gasteiger partial charge in [0, 0.05) is 13.6 Å². The fourth-order valence-electron chi connectivity index (χ4n) is 6.86. The molecule has 0 radical (unpaired) electrons. The van der Waals surface area contributed by atoms with Crippen LogP contribution in [0.2, 0.25) is 0 Å². The van der Waals surface area contributed by atoms with Crippen molar-refractivity contribution in [3.8, 4) is 0 Å². The van der Waals surface area contributed by atoms with E-state index < -0.39 is 59.4 Å². The van der Waals surface area contributed by atoms with Gasteiger partial charge in [-0.1, -0.05) is 86.5 Å². The maximum absolute atomic E-state index is 14.4. The molecule has 0 bridgehead atoms. The number of ether oxygens (including phenoxy) is 1. The number of carbonyl (C=O) groups excluding carboxylic acids is 5. The SMILES string of the molecule is CCCCCC[C@@H](OC[C@@H](CC)NC(=O)[C@@H](C)[C@H](C)O)[C@@H](C)C(=O)N(C)[C@](C)(CC(C)C)C(=O)N[C@H](C(=O)N[C@@H](CN)C(N)=O)C1CCCCC1. The molecule has 1 saturated carbocycles. The number of nitrogens with zero attached hydrogens (tertiary/aromatic N) is 1. The van der Waals surface area contributed by atoms with Gasteiger partial charge in [-0.15, -0.1) is 0 Å². The van der Waals surface area contributed by atoms with Crippen LogP contribution in [0.3, 0.4) is 0 Å². The van der Waals surface area contributed by atoms with Crippen LogP contribution < -0.4 is 27.4 Å². The van der Waals surface area contributed by atoms with Crippen LogP contribution >= 0.6 is 0 Å². The number of unbranched alkanes of at least 4 members (excludes halogenated alkanes) is 3. The molecule has 0 aromatic heterocycles. The summed E-state index contributed by atoms with van der Waals surface area (Å²) in [5, 5.41) is 18.5. The Morgan fingerprint density at radius 3 is 2.04 bits per heavy atom. The van der Waals surface area contributed by atoms with Crippen molar-refractivity contribution in [1.82, 2.24) is 20.9 Å². The number of hydrogen-bond donors (Lipinski definition) is 6. The van der Waals surface area contributed by atoms with Crippen LogP contribution in [0.15, 0.2) is 0 Å². The minimum atomic E-state index is -1.31. The highest BCUT2D eigenvalue weighted by Crippen LogP contribution is 2.30. The molecule has 296 valence electrons. The molecule has 0 heterocycles. The molecule has 1 rings (SSSR count). The van der Waals surface area contributed by atoms with Gasteiger partial charge in [-0.25, -0.2) is 0 Å². The molecule has 13 nitrogen and oxygen atoms in total. The van der Waals surface area contributed by atoms with E-state index in [1.54, 1.807) is 27.8 Å². The summed E-state index contributed by atoms with van der Waals surface area (Å²) in [7, 11) is 1.63. The number of carbonyl (C=O) groups is 5. The molecule has 8 atom stereocenters. The number of nitrogens with two attached hydrogens (primary N) is 2. The standard InChI is InChI=1S/C38H72N6O7/c1-10-12-13-17-20-31(51-23-29(11-2)41-34(47)25(5)27(7)45)26(6)36(49)44(9)38(8,21-24(3)4)37(50)43-32(28-18-15-14-16-19-28)35(48)42-30(22-39)33(40)46/h24-32,45H,10-23,39H2,1-9H3,(H2,40,46)(H,41,47)(H,42,48)(H,43,50)/t25-,26+,27-,29+,30-,31+,32-,38+/m0/s1. The molecule has 0 aromatic carbocycles. The van der Waals surface area contributed by atoms with Gasteiger partial charge in [-0.2, -0.15) is 0 Å². The average molecular weight is 725 g/mol. The van der Waals surface area contributed by atoms with Crippen LogP contribution in [-0.4, -0.2) is 95.6 Å². The topological polar surface area (TPSA) is 206 Å². The molecule has 5 amide bonds. The number of hydrogen-bond acceptors (Lipinski definition) is 8. The molecule has 1 aliphatic carbocycles. The van der Waals surface area contributed by atoms with E-state index in [-0.39, 0.29) is 42.8 Å². The number of aliphatic hydroxyl groups excluding tert-OH is 1. The number of nitrogens with one attached hydrogen (secondary N) is 3. The molecule has 0 aromatic rings.